The third-order valence-corrected chi connectivity index (χ3v) is 5.87. The summed E-state index contributed by atoms with van der Waals surface area (Å²) in [4.78, 5) is 7.92. The van der Waals surface area contributed by atoms with E-state index < -0.39 is 12.6 Å². The molecule has 0 spiro atoms. The Labute approximate surface area is 167 Å². The second-order valence-corrected chi connectivity index (χ2v) is 7.76. The highest BCUT2D eigenvalue weighted by Crippen LogP contribution is 2.30. The van der Waals surface area contributed by atoms with Crippen LogP contribution in [0.2, 0.25) is 0 Å². The fourth-order valence-corrected chi connectivity index (χ4v) is 4.30. The normalized spacial score (nSPS) is 16.5. The van der Waals surface area contributed by atoms with Crippen molar-refractivity contribution >= 4 is 17.3 Å². The number of benzene rings is 1. The quantitative estimate of drug-likeness (QED) is 0.559. The topological polar surface area (TPSA) is 39.7 Å². The summed E-state index contributed by atoms with van der Waals surface area (Å²) in [6.45, 7) is 2.20. The first kappa shape index (κ1) is 20.7. The fourth-order valence-electron chi connectivity index (χ4n) is 3.41. The van der Waals surface area contributed by atoms with Gasteiger partial charge in [0.1, 0.15) is 0 Å². The zero-order valence-electron chi connectivity index (χ0n) is 15.8. The third-order valence-electron chi connectivity index (χ3n) is 4.85. The maximum Gasteiger partial charge on any atom is 0.390 e. The molecular formula is C20H25F3N4S. The van der Waals surface area contributed by atoms with E-state index >= 15 is 0 Å². The monoisotopic (exact) mass is 410 g/mol. The van der Waals surface area contributed by atoms with Crippen molar-refractivity contribution in [2.75, 3.05) is 26.7 Å². The van der Waals surface area contributed by atoms with Crippen molar-refractivity contribution in [1.29, 1.82) is 0 Å². The Bertz CT molecular complexity index is 773. The van der Waals surface area contributed by atoms with Gasteiger partial charge in [-0.25, -0.2) is 0 Å². The van der Waals surface area contributed by atoms with Gasteiger partial charge in [-0.3, -0.25) is 9.89 Å². The van der Waals surface area contributed by atoms with Gasteiger partial charge in [0.05, 0.1) is 12.5 Å². The second-order valence-electron chi connectivity index (χ2n) is 6.76. The van der Waals surface area contributed by atoms with E-state index in [0.29, 0.717) is 12.5 Å². The molecule has 1 aromatic carbocycles. The number of alkyl halides is 3. The molecule has 0 saturated heterocycles. The van der Waals surface area contributed by atoms with Crippen LogP contribution in [0, 0.1) is 0 Å². The van der Waals surface area contributed by atoms with E-state index in [1.54, 1.807) is 18.4 Å². The Morgan fingerprint density at radius 1 is 1.21 bits per heavy atom. The molecule has 0 saturated carbocycles. The van der Waals surface area contributed by atoms with Crippen LogP contribution >= 0.6 is 11.3 Å². The van der Waals surface area contributed by atoms with Gasteiger partial charge in [-0.1, -0.05) is 30.3 Å². The van der Waals surface area contributed by atoms with Crippen LogP contribution in [0.1, 0.15) is 28.5 Å². The molecule has 4 nitrogen and oxygen atoms in total. The summed E-state index contributed by atoms with van der Waals surface area (Å²) in [6.07, 6.45) is -4.04. The minimum Gasteiger partial charge on any atom is -0.356 e. The molecule has 1 aliphatic heterocycles. The lowest BCUT2D eigenvalue weighted by molar-refractivity contribution is -0.132. The SMILES string of the molecule is CN=C(NCCC(F)(F)F)NCC(c1ccccc1)N1CCc2sccc2C1. The van der Waals surface area contributed by atoms with Gasteiger partial charge in [-0.2, -0.15) is 13.2 Å². The largest absolute Gasteiger partial charge is 0.390 e. The molecule has 28 heavy (non-hydrogen) atoms. The van der Waals surface area contributed by atoms with Crippen LogP contribution in [0.15, 0.2) is 46.8 Å². The van der Waals surface area contributed by atoms with Crippen molar-refractivity contribution in [1.82, 2.24) is 15.5 Å². The van der Waals surface area contributed by atoms with Crippen LogP contribution in [-0.2, 0) is 13.0 Å². The van der Waals surface area contributed by atoms with Gasteiger partial charge < -0.3 is 10.6 Å². The van der Waals surface area contributed by atoms with Crippen molar-refractivity contribution in [3.8, 4) is 0 Å². The highest BCUT2D eigenvalue weighted by molar-refractivity contribution is 7.10. The average Bonchev–Trinajstić information content (AvgIpc) is 3.14. The van der Waals surface area contributed by atoms with Crippen molar-refractivity contribution in [3.63, 3.8) is 0 Å². The number of aliphatic imine (C=N–C) groups is 1. The van der Waals surface area contributed by atoms with Crippen LogP contribution in [-0.4, -0.2) is 43.7 Å². The number of hydrogen-bond acceptors (Lipinski definition) is 3. The van der Waals surface area contributed by atoms with Crippen LogP contribution in [0.4, 0.5) is 13.2 Å². The van der Waals surface area contributed by atoms with E-state index in [1.807, 2.05) is 18.2 Å². The zero-order valence-corrected chi connectivity index (χ0v) is 16.6. The molecule has 2 N–H and O–H groups in total. The highest BCUT2D eigenvalue weighted by Gasteiger charge is 2.27. The van der Waals surface area contributed by atoms with Gasteiger partial charge in [-0.05, 0) is 29.0 Å². The Hall–Kier alpha value is -2.06. The summed E-state index contributed by atoms with van der Waals surface area (Å²) in [5, 5.41) is 8.09. The molecule has 0 amide bonds. The van der Waals surface area contributed by atoms with Gasteiger partial charge in [0.15, 0.2) is 5.96 Å². The van der Waals surface area contributed by atoms with Gasteiger partial charge in [0, 0.05) is 38.1 Å². The maximum atomic E-state index is 12.4. The molecule has 1 atom stereocenters. The van der Waals surface area contributed by atoms with E-state index in [0.717, 1.165) is 19.5 Å². The maximum absolute atomic E-state index is 12.4. The van der Waals surface area contributed by atoms with Gasteiger partial charge in [0.2, 0.25) is 0 Å². The molecule has 0 radical (unpaired) electrons. The van der Waals surface area contributed by atoms with Gasteiger partial charge >= 0.3 is 6.18 Å². The Morgan fingerprint density at radius 2 is 2.00 bits per heavy atom. The lowest BCUT2D eigenvalue weighted by atomic mass is 10.0. The van der Waals surface area contributed by atoms with Crippen molar-refractivity contribution in [2.24, 2.45) is 4.99 Å². The van der Waals surface area contributed by atoms with Crippen molar-refractivity contribution in [3.05, 3.63) is 57.8 Å². The van der Waals surface area contributed by atoms with Gasteiger partial charge in [-0.15, -0.1) is 11.3 Å². The van der Waals surface area contributed by atoms with Gasteiger partial charge in [0.25, 0.3) is 0 Å². The third kappa shape index (κ3) is 5.72. The minimum absolute atomic E-state index is 0.107. The molecule has 0 aliphatic carbocycles. The average molecular weight is 411 g/mol. The number of guanidine groups is 1. The predicted octanol–water partition coefficient (Wildman–Crippen LogP) is 3.96. The Kier molecular flexibility index (Phi) is 6.96. The summed E-state index contributed by atoms with van der Waals surface area (Å²) >= 11 is 1.80. The van der Waals surface area contributed by atoms with E-state index in [1.165, 1.54) is 16.0 Å². The first-order valence-corrected chi connectivity index (χ1v) is 10.2. The minimum atomic E-state index is -4.18. The van der Waals surface area contributed by atoms with Crippen LogP contribution in [0.3, 0.4) is 0 Å². The lowest BCUT2D eigenvalue weighted by Gasteiger charge is -2.35. The number of fused-ring (bicyclic) bond motifs is 1. The fraction of sp³-hybridized carbons (Fsp3) is 0.450. The first-order chi connectivity index (χ1) is 13.5. The summed E-state index contributed by atoms with van der Waals surface area (Å²) in [5.74, 6) is 0.387. The van der Waals surface area contributed by atoms with Crippen molar-refractivity contribution in [2.45, 2.75) is 31.6 Å². The van der Waals surface area contributed by atoms with Crippen LogP contribution in [0.25, 0.3) is 0 Å². The molecule has 1 aliphatic rings. The molecule has 0 fully saturated rings. The van der Waals surface area contributed by atoms with Crippen LogP contribution in [0.5, 0.6) is 0 Å². The molecule has 1 unspecified atom stereocenters. The smallest absolute Gasteiger partial charge is 0.356 e. The van der Waals surface area contributed by atoms with E-state index in [9.17, 15) is 13.2 Å². The second kappa shape index (κ2) is 9.43. The molecule has 3 rings (SSSR count). The number of rotatable bonds is 6. The van der Waals surface area contributed by atoms with Crippen LogP contribution < -0.4 is 10.6 Å². The summed E-state index contributed by atoms with van der Waals surface area (Å²) < 4.78 is 37.1. The Morgan fingerprint density at radius 3 is 2.71 bits per heavy atom. The molecular weight excluding hydrogens is 385 g/mol. The standard InChI is InChI=1S/C20H25F3N4S/c1-24-19(25-10-9-20(21,22)23)26-13-17(15-5-3-2-4-6-15)27-11-7-18-16(14-27)8-12-28-18/h2-6,8,12,17H,7,9-11,13-14H2,1H3,(H2,24,25,26). The highest BCUT2D eigenvalue weighted by atomic mass is 32.1. The number of thiophene rings is 1. The number of halogens is 3. The number of nitrogens with zero attached hydrogens (tertiary/aromatic N) is 2. The molecule has 2 aromatic rings. The predicted molar refractivity (Wildman–Crippen MR) is 108 cm³/mol. The zero-order chi connectivity index (χ0) is 20.0. The number of hydrogen-bond donors (Lipinski definition) is 2. The summed E-state index contributed by atoms with van der Waals surface area (Å²) in [7, 11) is 1.57. The van der Waals surface area contributed by atoms with Crippen molar-refractivity contribution < 1.29 is 13.2 Å². The van der Waals surface area contributed by atoms with E-state index in [4.69, 9.17) is 0 Å². The molecule has 2 heterocycles. The molecule has 1 aromatic heterocycles. The summed E-state index contributed by atoms with van der Waals surface area (Å²) in [5.41, 5.74) is 2.55. The Balaban J connectivity index is 1.65. The molecule has 0 bridgehead atoms. The lowest BCUT2D eigenvalue weighted by Crippen LogP contribution is -2.44. The molecule has 8 heteroatoms. The summed E-state index contributed by atoms with van der Waals surface area (Å²) in [6, 6.07) is 12.5. The number of nitrogens with one attached hydrogen (secondary N) is 2. The molecule has 152 valence electrons. The van der Waals surface area contributed by atoms with E-state index in [2.05, 4.69) is 44.1 Å². The van der Waals surface area contributed by atoms with E-state index in [-0.39, 0.29) is 12.6 Å². The first-order valence-electron chi connectivity index (χ1n) is 9.32.